The van der Waals surface area contributed by atoms with Crippen LogP contribution in [-0.4, -0.2) is 36.2 Å². The molecule has 0 unspecified atom stereocenters. The van der Waals surface area contributed by atoms with Gasteiger partial charge in [0, 0.05) is 12.0 Å². The lowest BCUT2D eigenvalue weighted by Gasteiger charge is -2.25. The number of carboxylic acid groups (broad SMARTS) is 1. The summed E-state index contributed by atoms with van der Waals surface area (Å²) in [7, 11) is 1.59. The summed E-state index contributed by atoms with van der Waals surface area (Å²) in [6.45, 7) is 3.86. The van der Waals surface area contributed by atoms with Gasteiger partial charge >= 0.3 is 5.97 Å². The number of benzene rings is 1. The number of rotatable bonds is 9. The van der Waals surface area contributed by atoms with E-state index in [4.69, 9.17) is 14.6 Å². The number of methoxy groups -OCH3 is 1. The molecule has 0 heterocycles. The third-order valence-electron chi connectivity index (χ3n) is 3.10. The number of nitrogens with one attached hydrogen (secondary N) is 1. The van der Waals surface area contributed by atoms with Crippen molar-refractivity contribution in [3.05, 3.63) is 24.3 Å². The fourth-order valence-corrected chi connectivity index (χ4v) is 1.86. The topological polar surface area (TPSA) is 84.9 Å². The molecule has 0 spiro atoms. The SMILES string of the molecule is COc1ccc(OCCC(=O)NC(C)(C)CCC(=O)O)cc1. The number of hydrogen-bond donors (Lipinski definition) is 2. The van der Waals surface area contributed by atoms with Crippen LogP contribution in [0.3, 0.4) is 0 Å². The van der Waals surface area contributed by atoms with Gasteiger partial charge in [-0.1, -0.05) is 0 Å². The van der Waals surface area contributed by atoms with E-state index in [2.05, 4.69) is 5.32 Å². The van der Waals surface area contributed by atoms with E-state index in [1.807, 2.05) is 0 Å². The molecule has 0 aliphatic heterocycles. The Labute approximate surface area is 130 Å². The van der Waals surface area contributed by atoms with Crippen molar-refractivity contribution in [2.75, 3.05) is 13.7 Å². The van der Waals surface area contributed by atoms with Crippen molar-refractivity contribution in [2.24, 2.45) is 0 Å². The van der Waals surface area contributed by atoms with Crippen molar-refractivity contribution in [3.8, 4) is 11.5 Å². The molecule has 0 atom stereocenters. The average molecular weight is 309 g/mol. The molecule has 0 aromatic heterocycles. The molecule has 6 nitrogen and oxygen atoms in total. The summed E-state index contributed by atoms with van der Waals surface area (Å²) in [6, 6.07) is 7.11. The second-order valence-corrected chi connectivity index (χ2v) is 5.60. The van der Waals surface area contributed by atoms with E-state index in [0.717, 1.165) is 5.75 Å². The molecule has 6 heteroatoms. The van der Waals surface area contributed by atoms with E-state index in [1.54, 1.807) is 45.2 Å². The van der Waals surface area contributed by atoms with E-state index >= 15 is 0 Å². The first-order valence-corrected chi connectivity index (χ1v) is 7.12. The summed E-state index contributed by atoms with van der Waals surface area (Å²) in [4.78, 5) is 22.4. The monoisotopic (exact) mass is 309 g/mol. The smallest absolute Gasteiger partial charge is 0.303 e. The zero-order valence-electron chi connectivity index (χ0n) is 13.2. The highest BCUT2D eigenvalue weighted by Crippen LogP contribution is 2.17. The molecule has 0 saturated carbocycles. The number of carbonyl (C=O) groups is 2. The average Bonchev–Trinajstić information content (AvgIpc) is 2.45. The lowest BCUT2D eigenvalue weighted by atomic mass is 9.98. The van der Waals surface area contributed by atoms with Crippen LogP contribution in [0.2, 0.25) is 0 Å². The van der Waals surface area contributed by atoms with E-state index < -0.39 is 11.5 Å². The van der Waals surface area contributed by atoms with Gasteiger partial charge in [-0.2, -0.15) is 0 Å². The highest BCUT2D eigenvalue weighted by Gasteiger charge is 2.21. The molecule has 0 aliphatic carbocycles. The Kier molecular flexibility index (Phi) is 6.69. The Balaban J connectivity index is 2.31. The van der Waals surface area contributed by atoms with Gasteiger partial charge in [0.1, 0.15) is 11.5 Å². The van der Waals surface area contributed by atoms with Crippen LogP contribution in [0.25, 0.3) is 0 Å². The molecule has 22 heavy (non-hydrogen) atoms. The van der Waals surface area contributed by atoms with Crippen LogP contribution in [0, 0.1) is 0 Å². The zero-order valence-corrected chi connectivity index (χ0v) is 13.2. The number of carboxylic acids is 1. The number of carbonyl (C=O) groups excluding carboxylic acids is 1. The fourth-order valence-electron chi connectivity index (χ4n) is 1.86. The molecule has 0 radical (unpaired) electrons. The van der Waals surface area contributed by atoms with Gasteiger partial charge in [0.05, 0.1) is 20.1 Å². The number of ether oxygens (including phenoxy) is 2. The van der Waals surface area contributed by atoms with Crippen LogP contribution in [0.5, 0.6) is 11.5 Å². The maximum Gasteiger partial charge on any atom is 0.303 e. The molecule has 2 N–H and O–H groups in total. The largest absolute Gasteiger partial charge is 0.497 e. The van der Waals surface area contributed by atoms with Gasteiger partial charge in [-0.15, -0.1) is 0 Å². The summed E-state index contributed by atoms with van der Waals surface area (Å²) in [5.74, 6) is 0.373. The lowest BCUT2D eigenvalue weighted by molar-refractivity contribution is -0.137. The fraction of sp³-hybridized carbons (Fsp3) is 0.500. The molecule has 1 rings (SSSR count). The molecule has 0 fully saturated rings. The van der Waals surface area contributed by atoms with Gasteiger partial charge < -0.3 is 19.9 Å². The van der Waals surface area contributed by atoms with Crippen LogP contribution in [0.1, 0.15) is 33.1 Å². The zero-order chi connectivity index (χ0) is 16.6. The molecule has 1 aromatic carbocycles. The van der Waals surface area contributed by atoms with Crippen LogP contribution in [-0.2, 0) is 9.59 Å². The van der Waals surface area contributed by atoms with Crippen LogP contribution in [0.4, 0.5) is 0 Å². The molecule has 122 valence electrons. The van der Waals surface area contributed by atoms with E-state index in [1.165, 1.54) is 0 Å². The van der Waals surface area contributed by atoms with Crippen LogP contribution < -0.4 is 14.8 Å². The lowest BCUT2D eigenvalue weighted by Crippen LogP contribution is -2.44. The van der Waals surface area contributed by atoms with Gasteiger partial charge in [0.25, 0.3) is 0 Å². The first-order valence-electron chi connectivity index (χ1n) is 7.12. The number of hydrogen-bond acceptors (Lipinski definition) is 4. The standard InChI is InChI=1S/C16H23NO5/c1-16(2,10-8-15(19)20)17-14(18)9-11-22-13-6-4-12(21-3)5-7-13/h4-7H,8-11H2,1-3H3,(H,17,18)(H,19,20). The van der Waals surface area contributed by atoms with Crippen molar-refractivity contribution in [1.29, 1.82) is 0 Å². The van der Waals surface area contributed by atoms with Gasteiger partial charge in [0.15, 0.2) is 0 Å². The molecular formula is C16H23NO5. The van der Waals surface area contributed by atoms with Crippen molar-refractivity contribution in [3.63, 3.8) is 0 Å². The second kappa shape index (κ2) is 8.26. The number of amides is 1. The summed E-state index contributed by atoms with van der Waals surface area (Å²) in [6.07, 6.45) is 0.617. The minimum atomic E-state index is -0.870. The second-order valence-electron chi connectivity index (χ2n) is 5.60. The molecule has 1 aromatic rings. The summed E-state index contributed by atoms with van der Waals surface area (Å²) < 4.78 is 10.5. The minimum absolute atomic E-state index is 0.0234. The predicted molar refractivity (Wildman–Crippen MR) is 82.2 cm³/mol. The molecular weight excluding hydrogens is 286 g/mol. The summed E-state index contributed by atoms with van der Waals surface area (Å²) >= 11 is 0. The van der Waals surface area contributed by atoms with E-state index in [9.17, 15) is 9.59 Å². The third-order valence-corrected chi connectivity index (χ3v) is 3.10. The maximum atomic E-state index is 11.8. The Morgan fingerprint density at radius 3 is 2.27 bits per heavy atom. The van der Waals surface area contributed by atoms with Gasteiger partial charge in [-0.3, -0.25) is 9.59 Å². The quantitative estimate of drug-likeness (QED) is 0.730. The molecule has 0 bridgehead atoms. The van der Waals surface area contributed by atoms with E-state index in [0.29, 0.717) is 12.2 Å². The van der Waals surface area contributed by atoms with Gasteiger partial charge in [-0.05, 0) is 44.5 Å². The maximum absolute atomic E-state index is 11.8. The van der Waals surface area contributed by atoms with Crippen LogP contribution in [0.15, 0.2) is 24.3 Å². The first kappa shape index (κ1) is 17.8. The normalized spacial score (nSPS) is 10.9. The molecule has 0 aliphatic rings. The Morgan fingerprint density at radius 1 is 1.14 bits per heavy atom. The van der Waals surface area contributed by atoms with Gasteiger partial charge in [0.2, 0.25) is 5.91 Å². The van der Waals surface area contributed by atoms with Crippen molar-refractivity contribution in [2.45, 2.75) is 38.6 Å². The van der Waals surface area contributed by atoms with E-state index in [-0.39, 0.29) is 25.4 Å². The Morgan fingerprint density at radius 2 is 1.73 bits per heavy atom. The van der Waals surface area contributed by atoms with Gasteiger partial charge in [-0.25, -0.2) is 0 Å². The Bertz CT molecular complexity index is 496. The minimum Gasteiger partial charge on any atom is -0.497 e. The molecule has 0 saturated heterocycles. The number of aliphatic carboxylic acids is 1. The summed E-state index contributed by atoms with van der Waals surface area (Å²) in [5, 5.41) is 11.5. The van der Waals surface area contributed by atoms with Crippen molar-refractivity contribution in [1.82, 2.24) is 5.32 Å². The highest BCUT2D eigenvalue weighted by molar-refractivity contribution is 5.77. The van der Waals surface area contributed by atoms with Crippen LogP contribution >= 0.6 is 0 Å². The first-order chi connectivity index (χ1) is 10.3. The van der Waals surface area contributed by atoms with Crippen molar-refractivity contribution < 1.29 is 24.2 Å². The predicted octanol–water partition coefficient (Wildman–Crippen LogP) is 2.22. The summed E-state index contributed by atoms with van der Waals surface area (Å²) in [5.41, 5.74) is -0.546. The van der Waals surface area contributed by atoms with Crippen molar-refractivity contribution >= 4 is 11.9 Å². The highest BCUT2D eigenvalue weighted by atomic mass is 16.5. The third kappa shape index (κ3) is 6.97. The molecule has 1 amide bonds. The Hall–Kier alpha value is -2.24.